The number of thiophene rings is 1. The summed E-state index contributed by atoms with van der Waals surface area (Å²) < 4.78 is 10.8. The third-order valence-corrected chi connectivity index (χ3v) is 5.69. The highest BCUT2D eigenvalue weighted by Gasteiger charge is 2.15. The minimum absolute atomic E-state index is 0.297. The van der Waals surface area contributed by atoms with Gasteiger partial charge in [0.05, 0.1) is 5.39 Å². The number of hydrogen-bond acceptors (Lipinski definition) is 7. The van der Waals surface area contributed by atoms with E-state index in [9.17, 15) is 0 Å². The molecule has 0 saturated heterocycles. The molecule has 28 heavy (non-hydrogen) atoms. The number of fused-ring (bicyclic) bond motifs is 2. The Bertz CT molecular complexity index is 1140. The topological polar surface area (TPSA) is 69.2 Å². The molecule has 0 bridgehead atoms. The van der Waals surface area contributed by atoms with Crippen LogP contribution in [0.1, 0.15) is 11.1 Å². The molecule has 1 N–H and O–H groups in total. The molecular weight excluding hydrogens is 372 g/mol. The van der Waals surface area contributed by atoms with Gasteiger partial charge < -0.3 is 14.8 Å². The largest absolute Gasteiger partial charge is 0.454 e. The maximum absolute atomic E-state index is 5.46. The van der Waals surface area contributed by atoms with Gasteiger partial charge in [-0.1, -0.05) is 6.07 Å². The Labute approximate surface area is 166 Å². The fraction of sp³-hybridized carbons (Fsp3) is 0.190. The van der Waals surface area contributed by atoms with Gasteiger partial charge in [-0.3, -0.25) is 4.98 Å². The van der Waals surface area contributed by atoms with Crippen molar-refractivity contribution in [3.05, 3.63) is 59.2 Å². The lowest BCUT2D eigenvalue weighted by Crippen LogP contribution is -2.08. The van der Waals surface area contributed by atoms with Gasteiger partial charge in [-0.25, -0.2) is 9.97 Å². The van der Waals surface area contributed by atoms with Crippen molar-refractivity contribution in [2.45, 2.75) is 13.3 Å². The SMILES string of the molecule is Cc1csc2nc(-c3ccncc3)nc(NCCc3ccc4c(c3)OCO4)c12. The minimum atomic E-state index is 0.297. The van der Waals surface area contributed by atoms with Crippen LogP contribution < -0.4 is 14.8 Å². The molecule has 5 rings (SSSR count). The number of hydrogen-bond donors (Lipinski definition) is 1. The number of aromatic nitrogens is 3. The lowest BCUT2D eigenvalue weighted by molar-refractivity contribution is 0.174. The van der Waals surface area contributed by atoms with Gasteiger partial charge in [0.15, 0.2) is 17.3 Å². The Balaban J connectivity index is 1.40. The number of anilines is 1. The zero-order valence-corrected chi connectivity index (χ0v) is 16.1. The maximum Gasteiger partial charge on any atom is 0.231 e. The maximum atomic E-state index is 5.46. The van der Waals surface area contributed by atoms with Crippen molar-refractivity contribution in [3.8, 4) is 22.9 Å². The summed E-state index contributed by atoms with van der Waals surface area (Å²) in [5.74, 6) is 3.21. The lowest BCUT2D eigenvalue weighted by atomic mass is 10.1. The Morgan fingerprint density at radius 2 is 1.93 bits per heavy atom. The molecule has 0 unspecified atom stereocenters. The zero-order valence-electron chi connectivity index (χ0n) is 15.3. The van der Waals surface area contributed by atoms with E-state index in [2.05, 4.69) is 28.7 Å². The van der Waals surface area contributed by atoms with Gasteiger partial charge in [0.1, 0.15) is 10.6 Å². The van der Waals surface area contributed by atoms with E-state index in [1.165, 1.54) is 11.1 Å². The zero-order chi connectivity index (χ0) is 18.9. The van der Waals surface area contributed by atoms with Crippen molar-refractivity contribution in [3.63, 3.8) is 0 Å². The molecule has 6 nitrogen and oxygen atoms in total. The fourth-order valence-corrected chi connectivity index (χ4v) is 4.18. The summed E-state index contributed by atoms with van der Waals surface area (Å²) in [6.07, 6.45) is 4.38. The summed E-state index contributed by atoms with van der Waals surface area (Å²) in [6, 6.07) is 9.93. The Hall–Kier alpha value is -3.19. The smallest absolute Gasteiger partial charge is 0.231 e. The number of ether oxygens (including phenoxy) is 2. The molecule has 0 saturated carbocycles. The Morgan fingerprint density at radius 3 is 2.82 bits per heavy atom. The van der Waals surface area contributed by atoms with Gasteiger partial charge in [-0.15, -0.1) is 11.3 Å². The lowest BCUT2D eigenvalue weighted by Gasteiger charge is -2.10. The number of aryl methyl sites for hydroxylation is 1. The molecular formula is C21H18N4O2S. The average Bonchev–Trinajstić information content (AvgIpc) is 3.35. The molecule has 1 aromatic carbocycles. The van der Waals surface area contributed by atoms with E-state index in [0.29, 0.717) is 12.6 Å². The molecule has 0 fully saturated rings. The van der Waals surface area contributed by atoms with Crippen molar-refractivity contribution >= 4 is 27.4 Å². The van der Waals surface area contributed by atoms with E-state index >= 15 is 0 Å². The van der Waals surface area contributed by atoms with E-state index in [-0.39, 0.29) is 0 Å². The second-order valence-electron chi connectivity index (χ2n) is 6.59. The number of nitrogens with one attached hydrogen (secondary N) is 1. The minimum Gasteiger partial charge on any atom is -0.454 e. The summed E-state index contributed by atoms with van der Waals surface area (Å²) in [5, 5.41) is 6.72. The van der Waals surface area contributed by atoms with Gasteiger partial charge in [-0.05, 0) is 54.1 Å². The molecule has 0 radical (unpaired) electrons. The number of nitrogens with zero attached hydrogens (tertiary/aromatic N) is 3. The number of benzene rings is 1. The van der Waals surface area contributed by atoms with Crippen LogP contribution in [0.15, 0.2) is 48.1 Å². The van der Waals surface area contributed by atoms with Crippen molar-refractivity contribution < 1.29 is 9.47 Å². The summed E-state index contributed by atoms with van der Waals surface area (Å²) in [5.41, 5.74) is 3.34. The van der Waals surface area contributed by atoms with E-state index in [1.807, 2.05) is 24.3 Å². The average molecular weight is 390 g/mol. The van der Waals surface area contributed by atoms with Gasteiger partial charge >= 0.3 is 0 Å². The first-order chi connectivity index (χ1) is 13.8. The van der Waals surface area contributed by atoms with Crippen LogP contribution in [0.25, 0.3) is 21.6 Å². The monoisotopic (exact) mass is 390 g/mol. The fourth-order valence-electron chi connectivity index (χ4n) is 3.26. The van der Waals surface area contributed by atoms with Crippen molar-refractivity contribution in [2.75, 3.05) is 18.7 Å². The second kappa shape index (κ2) is 7.09. The predicted octanol–water partition coefficient (Wildman–Crippen LogP) is 4.45. The van der Waals surface area contributed by atoms with Crippen molar-refractivity contribution in [1.82, 2.24) is 15.0 Å². The quantitative estimate of drug-likeness (QED) is 0.543. The number of rotatable bonds is 5. The molecule has 4 aromatic rings. The summed E-state index contributed by atoms with van der Waals surface area (Å²) in [7, 11) is 0. The predicted molar refractivity (Wildman–Crippen MR) is 110 cm³/mol. The normalized spacial score (nSPS) is 12.5. The van der Waals surface area contributed by atoms with Gasteiger partial charge in [-0.2, -0.15) is 0 Å². The van der Waals surface area contributed by atoms with Crippen LogP contribution >= 0.6 is 11.3 Å². The highest BCUT2D eigenvalue weighted by Crippen LogP contribution is 2.33. The third-order valence-electron chi connectivity index (χ3n) is 4.70. The van der Waals surface area contributed by atoms with E-state index in [0.717, 1.165) is 46.1 Å². The van der Waals surface area contributed by atoms with Crippen LogP contribution in [0.2, 0.25) is 0 Å². The van der Waals surface area contributed by atoms with Crippen LogP contribution in [0.3, 0.4) is 0 Å². The Kier molecular flexibility index (Phi) is 4.29. The number of pyridine rings is 1. The molecule has 1 aliphatic heterocycles. The highest BCUT2D eigenvalue weighted by molar-refractivity contribution is 7.17. The highest BCUT2D eigenvalue weighted by atomic mass is 32.1. The molecule has 0 spiro atoms. The standard InChI is InChI=1S/C21H18N4O2S/c1-13-11-28-21-18(13)20(24-19(25-21)15-5-7-22-8-6-15)23-9-4-14-2-3-16-17(10-14)27-12-26-16/h2-3,5-8,10-11H,4,9,12H2,1H3,(H,23,24,25). The van der Waals surface area contributed by atoms with Gasteiger partial charge in [0, 0.05) is 24.5 Å². The van der Waals surface area contributed by atoms with Gasteiger partial charge in [0.25, 0.3) is 0 Å². The van der Waals surface area contributed by atoms with Crippen LogP contribution in [-0.4, -0.2) is 28.3 Å². The van der Waals surface area contributed by atoms with Crippen molar-refractivity contribution in [2.24, 2.45) is 0 Å². The molecule has 0 aliphatic carbocycles. The van der Waals surface area contributed by atoms with Crippen LogP contribution in [0.4, 0.5) is 5.82 Å². The van der Waals surface area contributed by atoms with E-state index < -0.39 is 0 Å². The van der Waals surface area contributed by atoms with E-state index in [1.54, 1.807) is 23.7 Å². The molecule has 140 valence electrons. The summed E-state index contributed by atoms with van der Waals surface area (Å²) >= 11 is 1.64. The summed E-state index contributed by atoms with van der Waals surface area (Å²) in [4.78, 5) is 14.6. The molecule has 1 aliphatic rings. The van der Waals surface area contributed by atoms with Crippen LogP contribution in [0.5, 0.6) is 11.5 Å². The van der Waals surface area contributed by atoms with Crippen molar-refractivity contribution in [1.29, 1.82) is 0 Å². The third kappa shape index (κ3) is 3.14. The molecule has 0 amide bonds. The molecule has 3 aromatic heterocycles. The Morgan fingerprint density at radius 1 is 1.07 bits per heavy atom. The second-order valence-corrected chi connectivity index (χ2v) is 7.45. The molecule has 4 heterocycles. The first-order valence-electron chi connectivity index (χ1n) is 9.06. The van der Waals surface area contributed by atoms with Crippen LogP contribution in [0, 0.1) is 6.92 Å². The van der Waals surface area contributed by atoms with Gasteiger partial charge in [0.2, 0.25) is 6.79 Å². The van der Waals surface area contributed by atoms with Crippen LogP contribution in [-0.2, 0) is 6.42 Å². The summed E-state index contributed by atoms with van der Waals surface area (Å²) in [6.45, 7) is 3.15. The van der Waals surface area contributed by atoms with E-state index in [4.69, 9.17) is 19.4 Å². The first-order valence-corrected chi connectivity index (χ1v) is 9.94. The molecule has 7 heteroatoms. The molecule has 0 atom stereocenters. The first kappa shape index (κ1) is 16.9.